The average molecular weight is 210 g/mol. The molecule has 2 aliphatic rings. The topological polar surface area (TPSA) is 32.3 Å². The fourth-order valence-corrected chi connectivity index (χ4v) is 2.85. The number of hydrogen-bond acceptors (Lipinski definition) is 2. The van der Waals surface area contributed by atoms with E-state index in [1.807, 2.05) is 11.9 Å². The normalized spacial score (nSPS) is 35.5. The Morgan fingerprint density at radius 1 is 1.53 bits per heavy atom. The van der Waals surface area contributed by atoms with E-state index < -0.39 is 0 Å². The highest BCUT2D eigenvalue weighted by atomic mass is 16.2. The lowest BCUT2D eigenvalue weighted by Crippen LogP contribution is -2.42. The summed E-state index contributed by atoms with van der Waals surface area (Å²) in [4.78, 5) is 14.2. The van der Waals surface area contributed by atoms with Gasteiger partial charge in [-0.05, 0) is 32.6 Å². The number of carbonyl (C=O) groups excluding carboxylic acids is 1. The number of carbonyl (C=O) groups is 1. The second kappa shape index (κ2) is 4.12. The van der Waals surface area contributed by atoms with Crippen molar-refractivity contribution in [1.82, 2.24) is 10.2 Å². The van der Waals surface area contributed by atoms with Crippen molar-refractivity contribution in [2.24, 2.45) is 5.92 Å². The molecule has 2 aliphatic heterocycles. The Morgan fingerprint density at radius 3 is 2.73 bits per heavy atom. The van der Waals surface area contributed by atoms with Gasteiger partial charge in [-0.15, -0.1) is 0 Å². The maximum Gasteiger partial charge on any atom is 0.227 e. The first-order valence-corrected chi connectivity index (χ1v) is 6.16. The monoisotopic (exact) mass is 210 g/mol. The molecule has 2 bridgehead atoms. The molecule has 3 heteroatoms. The van der Waals surface area contributed by atoms with Crippen LogP contribution in [0.2, 0.25) is 0 Å². The Kier molecular flexibility index (Phi) is 3.01. The van der Waals surface area contributed by atoms with Crippen LogP contribution in [0.4, 0.5) is 0 Å². The van der Waals surface area contributed by atoms with Gasteiger partial charge in [0.15, 0.2) is 0 Å². The molecule has 0 aromatic heterocycles. The molecule has 4 unspecified atom stereocenters. The standard InChI is InChI=1S/C12H22N2O/c1-4-8(2)14(3)12(15)10-7-9-5-6-11(10)13-9/h8-11,13H,4-7H2,1-3H3. The highest BCUT2D eigenvalue weighted by Crippen LogP contribution is 2.34. The van der Waals surface area contributed by atoms with Crippen molar-refractivity contribution in [2.75, 3.05) is 7.05 Å². The molecule has 0 spiro atoms. The summed E-state index contributed by atoms with van der Waals surface area (Å²) >= 11 is 0. The molecule has 1 N–H and O–H groups in total. The summed E-state index contributed by atoms with van der Waals surface area (Å²) in [6, 6.07) is 1.46. The van der Waals surface area contributed by atoms with E-state index in [0.29, 0.717) is 24.0 Å². The average Bonchev–Trinajstić information content (AvgIpc) is 2.87. The number of rotatable bonds is 3. The minimum atomic E-state index is 0.253. The minimum absolute atomic E-state index is 0.253. The molecule has 2 fully saturated rings. The van der Waals surface area contributed by atoms with Gasteiger partial charge in [0.05, 0.1) is 5.92 Å². The third kappa shape index (κ3) is 1.89. The largest absolute Gasteiger partial charge is 0.343 e. The first-order chi connectivity index (χ1) is 7.13. The maximum absolute atomic E-state index is 12.2. The van der Waals surface area contributed by atoms with Crippen LogP contribution in [0, 0.1) is 5.92 Å². The van der Waals surface area contributed by atoms with Crippen LogP contribution in [0.5, 0.6) is 0 Å². The molecule has 2 rings (SSSR count). The van der Waals surface area contributed by atoms with Crippen LogP contribution in [0.15, 0.2) is 0 Å². The summed E-state index contributed by atoms with van der Waals surface area (Å²) in [7, 11) is 1.95. The van der Waals surface area contributed by atoms with E-state index in [4.69, 9.17) is 0 Å². The Bertz CT molecular complexity index is 254. The highest BCUT2D eigenvalue weighted by molar-refractivity contribution is 5.80. The first kappa shape index (κ1) is 10.9. The summed E-state index contributed by atoms with van der Waals surface area (Å²) in [6.45, 7) is 4.26. The van der Waals surface area contributed by atoms with Gasteiger partial charge < -0.3 is 10.2 Å². The van der Waals surface area contributed by atoms with Crippen molar-refractivity contribution < 1.29 is 4.79 Å². The number of nitrogens with zero attached hydrogens (tertiary/aromatic N) is 1. The van der Waals surface area contributed by atoms with Crippen LogP contribution in [-0.2, 0) is 4.79 Å². The molecular weight excluding hydrogens is 188 g/mol. The summed E-state index contributed by atoms with van der Waals surface area (Å²) < 4.78 is 0. The number of amides is 1. The van der Waals surface area contributed by atoms with Gasteiger partial charge in [0.25, 0.3) is 0 Å². The van der Waals surface area contributed by atoms with Crippen LogP contribution in [-0.4, -0.2) is 36.0 Å². The Labute approximate surface area is 92.2 Å². The van der Waals surface area contributed by atoms with Gasteiger partial charge in [-0.1, -0.05) is 6.92 Å². The van der Waals surface area contributed by atoms with Crippen LogP contribution >= 0.6 is 0 Å². The van der Waals surface area contributed by atoms with E-state index in [0.717, 1.165) is 12.8 Å². The highest BCUT2D eigenvalue weighted by Gasteiger charge is 2.43. The van der Waals surface area contributed by atoms with Crippen molar-refractivity contribution in [3.8, 4) is 0 Å². The summed E-state index contributed by atoms with van der Waals surface area (Å²) in [5, 5.41) is 3.52. The van der Waals surface area contributed by atoms with Crippen LogP contribution in [0.25, 0.3) is 0 Å². The predicted octanol–water partition coefficient (Wildman–Crippen LogP) is 1.38. The van der Waals surface area contributed by atoms with Crippen LogP contribution in [0.3, 0.4) is 0 Å². The van der Waals surface area contributed by atoms with E-state index in [9.17, 15) is 4.79 Å². The summed E-state index contributed by atoms with van der Waals surface area (Å²) in [6.07, 6.45) is 4.55. The second-order valence-corrected chi connectivity index (χ2v) is 5.10. The molecule has 0 aliphatic carbocycles. The molecule has 0 aromatic carbocycles. The molecule has 0 radical (unpaired) electrons. The fourth-order valence-electron chi connectivity index (χ4n) is 2.85. The smallest absolute Gasteiger partial charge is 0.227 e. The molecule has 86 valence electrons. The zero-order valence-corrected chi connectivity index (χ0v) is 9.99. The molecule has 0 aromatic rings. The van der Waals surface area contributed by atoms with E-state index in [1.54, 1.807) is 0 Å². The van der Waals surface area contributed by atoms with Gasteiger partial charge in [-0.25, -0.2) is 0 Å². The molecule has 3 nitrogen and oxygen atoms in total. The van der Waals surface area contributed by atoms with Gasteiger partial charge in [-0.2, -0.15) is 0 Å². The van der Waals surface area contributed by atoms with E-state index in [-0.39, 0.29) is 5.92 Å². The molecule has 2 saturated heterocycles. The fraction of sp³-hybridized carbons (Fsp3) is 0.917. The Balaban J connectivity index is 1.96. The van der Waals surface area contributed by atoms with Crippen LogP contribution < -0.4 is 5.32 Å². The minimum Gasteiger partial charge on any atom is -0.343 e. The van der Waals surface area contributed by atoms with Gasteiger partial charge >= 0.3 is 0 Å². The third-order valence-corrected chi connectivity index (χ3v) is 4.22. The number of fused-ring (bicyclic) bond motifs is 2. The third-order valence-electron chi connectivity index (χ3n) is 4.22. The van der Waals surface area contributed by atoms with Gasteiger partial charge in [0.2, 0.25) is 5.91 Å². The van der Waals surface area contributed by atoms with Crippen molar-refractivity contribution in [1.29, 1.82) is 0 Å². The predicted molar refractivity (Wildman–Crippen MR) is 60.6 cm³/mol. The number of hydrogen-bond donors (Lipinski definition) is 1. The van der Waals surface area contributed by atoms with Crippen molar-refractivity contribution in [3.63, 3.8) is 0 Å². The van der Waals surface area contributed by atoms with E-state index in [1.165, 1.54) is 12.8 Å². The summed E-state index contributed by atoms with van der Waals surface area (Å²) in [5.74, 6) is 0.604. The molecule has 1 amide bonds. The maximum atomic E-state index is 12.2. The zero-order chi connectivity index (χ0) is 11.0. The second-order valence-electron chi connectivity index (χ2n) is 5.10. The van der Waals surface area contributed by atoms with Gasteiger partial charge in [0.1, 0.15) is 0 Å². The lowest BCUT2D eigenvalue weighted by Gasteiger charge is -2.29. The molecule has 4 atom stereocenters. The zero-order valence-electron chi connectivity index (χ0n) is 9.99. The molecule has 15 heavy (non-hydrogen) atoms. The van der Waals surface area contributed by atoms with Gasteiger partial charge in [-0.3, -0.25) is 4.79 Å². The van der Waals surface area contributed by atoms with Crippen molar-refractivity contribution >= 4 is 5.91 Å². The Hall–Kier alpha value is -0.570. The van der Waals surface area contributed by atoms with E-state index >= 15 is 0 Å². The Morgan fingerprint density at radius 2 is 2.27 bits per heavy atom. The van der Waals surface area contributed by atoms with Crippen molar-refractivity contribution in [2.45, 2.75) is 57.7 Å². The molecule has 2 heterocycles. The van der Waals surface area contributed by atoms with E-state index in [2.05, 4.69) is 19.2 Å². The lowest BCUT2D eigenvalue weighted by molar-refractivity contribution is -0.136. The summed E-state index contributed by atoms with van der Waals surface area (Å²) in [5.41, 5.74) is 0. The SMILES string of the molecule is CCC(C)N(C)C(=O)C1CC2CCC1N2. The molecular formula is C12H22N2O. The molecule has 0 saturated carbocycles. The van der Waals surface area contributed by atoms with Crippen LogP contribution in [0.1, 0.15) is 39.5 Å². The van der Waals surface area contributed by atoms with Gasteiger partial charge in [0, 0.05) is 25.2 Å². The van der Waals surface area contributed by atoms with Crippen molar-refractivity contribution in [3.05, 3.63) is 0 Å². The first-order valence-electron chi connectivity index (χ1n) is 6.16. The lowest BCUT2D eigenvalue weighted by atomic mass is 9.88. The quantitative estimate of drug-likeness (QED) is 0.763. The number of nitrogens with one attached hydrogen (secondary N) is 1.